The molecule has 2 saturated heterocycles. The summed E-state index contributed by atoms with van der Waals surface area (Å²) in [5.41, 5.74) is 1.67. The van der Waals surface area contributed by atoms with Crippen molar-refractivity contribution < 1.29 is 18.7 Å². The number of likely N-dealkylation sites (tertiary alicyclic amines) is 1. The number of amides is 2. The number of carbonyl (C=O) groups is 1. The smallest absolute Gasteiger partial charge is 0.317 e. The number of hydrogen-bond acceptors (Lipinski definition) is 3. The summed E-state index contributed by atoms with van der Waals surface area (Å²) in [6, 6.07) is 4.99. The summed E-state index contributed by atoms with van der Waals surface area (Å²) >= 11 is 0. The molecule has 5 nitrogen and oxygen atoms in total. The maximum absolute atomic E-state index is 13.8. The van der Waals surface area contributed by atoms with Crippen LogP contribution in [0.1, 0.15) is 42.9 Å². The molecule has 4 rings (SSSR count). The molecule has 0 aromatic heterocycles. The highest BCUT2D eigenvalue weighted by Crippen LogP contribution is 2.33. The lowest BCUT2D eigenvalue weighted by Crippen LogP contribution is -2.47. The number of nitrogens with one attached hydrogen (secondary N) is 1. The van der Waals surface area contributed by atoms with Crippen LogP contribution in [0, 0.1) is 5.82 Å². The van der Waals surface area contributed by atoms with E-state index in [1.165, 1.54) is 6.07 Å². The normalized spacial score (nSPS) is 26.7. The highest BCUT2D eigenvalue weighted by atomic mass is 19.1. The van der Waals surface area contributed by atoms with Gasteiger partial charge in [-0.05, 0) is 49.3 Å². The predicted octanol–water partition coefficient (Wildman–Crippen LogP) is 2.79. The van der Waals surface area contributed by atoms with Gasteiger partial charge in [-0.2, -0.15) is 0 Å². The van der Waals surface area contributed by atoms with Gasteiger partial charge < -0.3 is 19.7 Å². The lowest BCUT2D eigenvalue weighted by molar-refractivity contribution is -0.0392. The Morgan fingerprint density at radius 1 is 1.20 bits per heavy atom. The Hall–Kier alpha value is -1.66. The quantitative estimate of drug-likeness (QED) is 0.914. The van der Waals surface area contributed by atoms with Crippen LogP contribution in [0.15, 0.2) is 18.2 Å². The van der Waals surface area contributed by atoms with Gasteiger partial charge in [-0.1, -0.05) is 12.1 Å². The van der Waals surface area contributed by atoms with Gasteiger partial charge in [0.05, 0.1) is 24.9 Å². The number of rotatable bonds is 3. The summed E-state index contributed by atoms with van der Waals surface area (Å²) in [5.74, 6) is -0.164. The van der Waals surface area contributed by atoms with Gasteiger partial charge in [0, 0.05) is 19.7 Å². The first-order chi connectivity index (χ1) is 12.2. The lowest BCUT2D eigenvalue weighted by Gasteiger charge is -2.33. The molecule has 2 fully saturated rings. The molecule has 6 heteroatoms. The van der Waals surface area contributed by atoms with Crippen molar-refractivity contribution in [3.8, 4) is 0 Å². The number of halogens is 1. The van der Waals surface area contributed by atoms with Crippen LogP contribution in [-0.4, -0.2) is 49.4 Å². The Morgan fingerprint density at radius 2 is 2.04 bits per heavy atom. The topological polar surface area (TPSA) is 50.8 Å². The number of urea groups is 1. The third kappa shape index (κ3) is 3.65. The number of hydrogen-bond donors (Lipinski definition) is 1. The zero-order valence-electron chi connectivity index (χ0n) is 14.4. The van der Waals surface area contributed by atoms with Gasteiger partial charge in [-0.3, -0.25) is 0 Å². The van der Waals surface area contributed by atoms with Crippen LogP contribution in [0.4, 0.5) is 9.18 Å². The maximum atomic E-state index is 13.8. The first-order valence-electron chi connectivity index (χ1n) is 9.26. The molecule has 2 aliphatic heterocycles. The molecule has 0 unspecified atom stereocenters. The van der Waals surface area contributed by atoms with Crippen molar-refractivity contribution in [2.45, 2.75) is 50.4 Å². The molecule has 0 bridgehead atoms. The van der Waals surface area contributed by atoms with E-state index in [2.05, 4.69) is 5.32 Å². The van der Waals surface area contributed by atoms with E-state index in [1.54, 1.807) is 6.07 Å². The second kappa shape index (κ2) is 7.30. The number of ether oxygens (including phenoxy) is 2. The predicted molar refractivity (Wildman–Crippen MR) is 90.9 cm³/mol. The van der Waals surface area contributed by atoms with Gasteiger partial charge in [0.25, 0.3) is 0 Å². The van der Waals surface area contributed by atoms with Crippen molar-refractivity contribution in [3.05, 3.63) is 35.1 Å². The zero-order valence-corrected chi connectivity index (χ0v) is 14.4. The second-order valence-corrected chi connectivity index (χ2v) is 7.16. The fourth-order valence-electron chi connectivity index (χ4n) is 4.09. The van der Waals surface area contributed by atoms with Gasteiger partial charge in [0.1, 0.15) is 5.82 Å². The van der Waals surface area contributed by atoms with E-state index in [0.717, 1.165) is 43.4 Å². The fraction of sp³-hybridized carbons (Fsp3) is 0.632. The molecule has 136 valence electrons. The molecule has 1 aromatic rings. The second-order valence-electron chi connectivity index (χ2n) is 7.16. The fourth-order valence-corrected chi connectivity index (χ4v) is 4.09. The SMILES string of the molecule is O=C(N[C@H]1CCc2c(F)cccc21)N1CCC(O[C@@H]2CCOC2)CC1. The van der Waals surface area contributed by atoms with E-state index < -0.39 is 0 Å². The highest BCUT2D eigenvalue weighted by Gasteiger charge is 2.30. The zero-order chi connectivity index (χ0) is 17.2. The molecule has 1 aliphatic carbocycles. The molecule has 2 atom stereocenters. The van der Waals surface area contributed by atoms with Crippen molar-refractivity contribution in [1.82, 2.24) is 10.2 Å². The first kappa shape index (κ1) is 16.8. The number of nitrogens with zero attached hydrogens (tertiary/aromatic N) is 1. The van der Waals surface area contributed by atoms with Crippen LogP contribution in [0.3, 0.4) is 0 Å². The first-order valence-corrected chi connectivity index (χ1v) is 9.26. The third-order valence-corrected chi connectivity index (χ3v) is 5.51. The largest absolute Gasteiger partial charge is 0.379 e. The Kier molecular flexibility index (Phi) is 4.90. The van der Waals surface area contributed by atoms with Crippen molar-refractivity contribution >= 4 is 6.03 Å². The molecule has 0 spiro atoms. The summed E-state index contributed by atoms with van der Waals surface area (Å²) in [7, 11) is 0. The Morgan fingerprint density at radius 3 is 2.80 bits per heavy atom. The summed E-state index contributed by atoms with van der Waals surface area (Å²) in [5, 5.41) is 3.08. The molecule has 3 aliphatic rings. The van der Waals surface area contributed by atoms with Gasteiger partial charge >= 0.3 is 6.03 Å². The van der Waals surface area contributed by atoms with Gasteiger partial charge in [0.2, 0.25) is 0 Å². The Balaban J connectivity index is 1.28. The average Bonchev–Trinajstić information content (AvgIpc) is 3.27. The summed E-state index contributed by atoms with van der Waals surface area (Å²) in [6.07, 6.45) is 4.58. The summed E-state index contributed by atoms with van der Waals surface area (Å²) in [6.45, 7) is 2.88. The van der Waals surface area contributed by atoms with Crippen molar-refractivity contribution in [2.24, 2.45) is 0 Å². The Bertz CT molecular complexity index is 625. The van der Waals surface area contributed by atoms with E-state index in [9.17, 15) is 9.18 Å². The molecule has 1 aromatic carbocycles. The average molecular weight is 348 g/mol. The van der Waals surface area contributed by atoms with Crippen LogP contribution in [0.25, 0.3) is 0 Å². The molecular weight excluding hydrogens is 323 g/mol. The minimum absolute atomic E-state index is 0.0511. The van der Waals surface area contributed by atoms with Crippen LogP contribution in [0.5, 0.6) is 0 Å². The number of carbonyl (C=O) groups excluding carboxylic acids is 1. The van der Waals surface area contributed by atoms with Gasteiger partial charge in [-0.25, -0.2) is 9.18 Å². The van der Waals surface area contributed by atoms with E-state index in [0.29, 0.717) is 26.1 Å². The number of benzene rings is 1. The lowest BCUT2D eigenvalue weighted by atomic mass is 10.1. The molecule has 1 N–H and O–H groups in total. The van der Waals surface area contributed by atoms with Crippen LogP contribution in [0.2, 0.25) is 0 Å². The van der Waals surface area contributed by atoms with Gasteiger partial charge in [0.15, 0.2) is 0 Å². The molecule has 2 amide bonds. The number of piperidine rings is 1. The molecular formula is C19H25FN2O3. The minimum atomic E-state index is -0.164. The Labute approximate surface area is 147 Å². The van der Waals surface area contributed by atoms with E-state index in [-0.39, 0.29) is 30.1 Å². The van der Waals surface area contributed by atoms with E-state index >= 15 is 0 Å². The number of fused-ring (bicyclic) bond motifs is 1. The molecule has 25 heavy (non-hydrogen) atoms. The van der Waals surface area contributed by atoms with E-state index in [1.807, 2.05) is 11.0 Å². The van der Waals surface area contributed by atoms with Crippen molar-refractivity contribution in [3.63, 3.8) is 0 Å². The van der Waals surface area contributed by atoms with E-state index in [4.69, 9.17) is 9.47 Å². The molecule has 0 radical (unpaired) electrons. The van der Waals surface area contributed by atoms with Crippen molar-refractivity contribution in [1.29, 1.82) is 0 Å². The monoisotopic (exact) mass is 348 g/mol. The van der Waals surface area contributed by atoms with Crippen LogP contribution in [-0.2, 0) is 15.9 Å². The minimum Gasteiger partial charge on any atom is -0.379 e. The summed E-state index contributed by atoms with van der Waals surface area (Å²) < 4.78 is 25.2. The highest BCUT2D eigenvalue weighted by molar-refractivity contribution is 5.75. The van der Waals surface area contributed by atoms with Gasteiger partial charge in [-0.15, -0.1) is 0 Å². The standard InChI is InChI=1S/C19H25FN2O3/c20-17-3-1-2-16-15(17)4-5-18(16)21-19(23)22-9-6-13(7-10-22)25-14-8-11-24-12-14/h1-3,13-14,18H,4-12H2,(H,21,23)/t14-,18+/m1/s1. The summed E-state index contributed by atoms with van der Waals surface area (Å²) in [4.78, 5) is 14.4. The van der Waals surface area contributed by atoms with Crippen LogP contribution >= 0.6 is 0 Å². The van der Waals surface area contributed by atoms with Crippen molar-refractivity contribution in [2.75, 3.05) is 26.3 Å². The molecule has 0 saturated carbocycles. The molecule has 2 heterocycles. The maximum Gasteiger partial charge on any atom is 0.317 e. The van der Waals surface area contributed by atoms with Crippen LogP contribution < -0.4 is 5.32 Å². The third-order valence-electron chi connectivity index (χ3n) is 5.51.